The van der Waals surface area contributed by atoms with E-state index in [2.05, 4.69) is 52.3 Å². The molecule has 0 aliphatic rings. The molecule has 215 valence electrons. The highest BCUT2D eigenvalue weighted by molar-refractivity contribution is 5.90. The predicted molar refractivity (Wildman–Crippen MR) is 166 cm³/mol. The van der Waals surface area contributed by atoms with Crippen LogP contribution in [0.2, 0.25) is 0 Å². The van der Waals surface area contributed by atoms with E-state index in [1.807, 2.05) is 98.8 Å². The van der Waals surface area contributed by atoms with Gasteiger partial charge in [0, 0.05) is 0 Å². The first-order valence-corrected chi connectivity index (χ1v) is 14.3. The number of hydrogen-bond acceptors (Lipinski definition) is 4. The second-order valence-corrected chi connectivity index (χ2v) is 10.8. The summed E-state index contributed by atoms with van der Waals surface area (Å²) in [6.07, 6.45) is 2.51. The van der Waals surface area contributed by atoms with Crippen molar-refractivity contribution in [2.75, 3.05) is 6.54 Å². The molecule has 0 saturated heterocycles. The molecule has 1 radical (unpaired) electrons. The van der Waals surface area contributed by atoms with E-state index in [-0.39, 0.29) is 18.4 Å². The highest BCUT2D eigenvalue weighted by Gasteiger charge is 2.40. The minimum absolute atomic E-state index is 0.138. The summed E-state index contributed by atoms with van der Waals surface area (Å²) in [5.41, 5.74) is 3.03. The Kier molecular flexibility index (Phi) is 10.8. The van der Waals surface area contributed by atoms with Crippen molar-refractivity contribution in [1.29, 1.82) is 0 Å². The average Bonchev–Trinajstić information content (AvgIpc) is 3.03. The molecule has 0 aromatic heterocycles. The van der Waals surface area contributed by atoms with E-state index in [1.54, 1.807) is 6.29 Å². The van der Waals surface area contributed by atoms with Crippen LogP contribution in [0, 0.1) is 5.92 Å². The first-order chi connectivity index (χ1) is 20.4. The molecule has 4 rings (SSSR count). The lowest BCUT2D eigenvalue weighted by molar-refractivity contribution is -0.130. The molecule has 0 fully saturated rings. The number of rotatable bonds is 14. The molecule has 4 aromatic carbocycles. The van der Waals surface area contributed by atoms with Gasteiger partial charge in [0.15, 0.2) is 0 Å². The summed E-state index contributed by atoms with van der Waals surface area (Å²) < 4.78 is 0. The topological polar surface area (TPSA) is 87.3 Å². The molecule has 4 aromatic rings. The minimum Gasteiger partial charge on any atom is -0.347 e. The fraction of sp³-hybridized carbons (Fsp3) is 0.250. The van der Waals surface area contributed by atoms with Crippen LogP contribution in [0.1, 0.15) is 42.5 Å². The van der Waals surface area contributed by atoms with E-state index in [4.69, 9.17) is 0 Å². The standard InChI is InChI=1S/C36H38N3O3/c1-27(2)25-32(34(41)37-23-24-40)38-35(42)33(26-28-15-7-3-8-16-28)39-36(29-17-9-4-10-18-29,30-19-11-5-12-20-30)31-21-13-6-14-22-31/h3-22,27,32-33,39H,23,25-26H2,1-2H3,(H,37,41)(H,38,42)/t32-,33-/m0/s1. The Labute approximate surface area is 248 Å². The van der Waals surface area contributed by atoms with Gasteiger partial charge in [0.25, 0.3) is 0 Å². The zero-order valence-electron chi connectivity index (χ0n) is 24.1. The van der Waals surface area contributed by atoms with Gasteiger partial charge in [0.05, 0.1) is 18.1 Å². The smallest absolute Gasteiger partial charge is 0.242 e. The van der Waals surface area contributed by atoms with Crippen molar-refractivity contribution in [3.05, 3.63) is 144 Å². The van der Waals surface area contributed by atoms with Crippen LogP contribution in [0.4, 0.5) is 0 Å². The lowest BCUT2D eigenvalue weighted by Gasteiger charge is -2.40. The molecule has 0 aliphatic heterocycles. The van der Waals surface area contributed by atoms with Crippen molar-refractivity contribution in [3.63, 3.8) is 0 Å². The van der Waals surface area contributed by atoms with Gasteiger partial charge in [-0.15, -0.1) is 0 Å². The van der Waals surface area contributed by atoms with Gasteiger partial charge in [0.2, 0.25) is 18.1 Å². The van der Waals surface area contributed by atoms with Crippen molar-refractivity contribution in [1.82, 2.24) is 16.0 Å². The van der Waals surface area contributed by atoms with Crippen molar-refractivity contribution >= 4 is 18.1 Å². The summed E-state index contributed by atoms with van der Waals surface area (Å²) >= 11 is 0. The zero-order valence-corrected chi connectivity index (χ0v) is 24.1. The SMILES string of the molecule is CC(C)C[C@H](NC(=O)[C@H](Cc1ccccc1)NC(c1ccccc1)(c1ccccc1)c1ccccc1)C(=O)NC[C]=O. The van der Waals surface area contributed by atoms with Crippen LogP contribution in [0.5, 0.6) is 0 Å². The molecule has 6 heteroatoms. The normalized spacial score (nSPS) is 12.7. The van der Waals surface area contributed by atoms with Crippen LogP contribution in [0.15, 0.2) is 121 Å². The molecular formula is C36H38N3O3. The van der Waals surface area contributed by atoms with Gasteiger partial charge >= 0.3 is 0 Å². The molecule has 0 spiro atoms. The van der Waals surface area contributed by atoms with Gasteiger partial charge < -0.3 is 10.6 Å². The number of carbonyl (C=O) groups is 2. The van der Waals surface area contributed by atoms with Crippen molar-refractivity contribution in [2.45, 2.75) is 44.3 Å². The van der Waals surface area contributed by atoms with E-state index in [0.717, 1.165) is 22.3 Å². The maximum atomic E-state index is 14.3. The van der Waals surface area contributed by atoms with Gasteiger partial charge in [-0.1, -0.05) is 135 Å². The van der Waals surface area contributed by atoms with Crippen molar-refractivity contribution in [2.24, 2.45) is 5.92 Å². The fourth-order valence-electron chi connectivity index (χ4n) is 5.36. The molecule has 0 unspecified atom stereocenters. The third-order valence-corrected chi connectivity index (χ3v) is 7.29. The lowest BCUT2D eigenvalue weighted by atomic mass is 9.76. The maximum Gasteiger partial charge on any atom is 0.242 e. The first-order valence-electron chi connectivity index (χ1n) is 14.3. The summed E-state index contributed by atoms with van der Waals surface area (Å²) in [6, 6.07) is 38.6. The molecule has 6 nitrogen and oxygen atoms in total. The van der Waals surface area contributed by atoms with Crippen LogP contribution in [-0.4, -0.2) is 36.7 Å². The quantitative estimate of drug-likeness (QED) is 0.191. The first kappa shape index (κ1) is 30.4. The summed E-state index contributed by atoms with van der Waals surface area (Å²) in [5, 5.41) is 9.37. The number of hydrogen-bond donors (Lipinski definition) is 3. The molecule has 3 N–H and O–H groups in total. The molecule has 0 saturated carbocycles. The Morgan fingerprint density at radius 2 is 1.12 bits per heavy atom. The van der Waals surface area contributed by atoms with E-state index in [1.165, 1.54) is 0 Å². The third-order valence-electron chi connectivity index (χ3n) is 7.29. The van der Waals surface area contributed by atoms with Crippen LogP contribution < -0.4 is 16.0 Å². The van der Waals surface area contributed by atoms with Gasteiger partial charge in [-0.25, -0.2) is 0 Å². The van der Waals surface area contributed by atoms with Gasteiger partial charge in [-0.05, 0) is 41.0 Å². The zero-order chi connectivity index (χ0) is 29.8. The summed E-state index contributed by atoms with van der Waals surface area (Å²) in [6.45, 7) is 3.75. The Balaban J connectivity index is 1.83. The summed E-state index contributed by atoms with van der Waals surface area (Å²) in [5.74, 6) is -0.569. The van der Waals surface area contributed by atoms with E-state index in [0.29, 0.717) is 12.8 Å². The second-order valence-electron chi connectivity index (χ2n) is 10.8. The summed E-state index contributed by atoms with van der Waals surface area (Å²) in [7, 11) is 0. The monoisotopic (exact) mass is 560 g/mol. The van der Waals surface area contributed by atoms with Crippen LogP contribution >= 0.6 is 0 Å². The van der Waals surface area contributed by atoms with Gasteiger partial charge in [-0.3, -0.25) is 19.7 Å². The number of benzene rings is 4. The molecular weight excluding hydrogens is 522 g/mol. The number of nitrogens with one attached hydrogen (secondary N) is 3. The van der Waals surface area contributed by atoms with Crippen molar-refractivity contribution < 1.29 is 14.4 Å². The third kappa shape index (κ3) is 7.59. The lowest BCUT2D eigenvalue weighted by Crippen LogP contribution is -2.59. The average molecular weight is 561 g/mol. The highest BCUT2D eigenvalue weighted by atomic mass is 16.2. The predicted octanol–water partition coefficient (Wildman–Crippen LogP) is 4.94. The Hall–Kier alpha value is -4.55. The Morgan fingerprint density at radius 1 is 0.667 bits per heavy atom. The molecule has 0 heterocycles. The van der Waals surface area contributed by atoms with E-state index >= 15 is 0 Å². The maximum absolute atomic E-state index is 14.3. The van der Waals surface area contributed by atoms with Crippen molar-refractivity contribution in [3.8, 4) is 0 Å². The number of carbonyl (C=O) groups excluding carboxylic acids is 3. The minimum atomic E-state index is -0.886. The van der Waals surface area contributed by atoms with Crippen LogP contribution in [-0.2, 0) is 26.3 Å². The molecule has 2 amide bonds. The molecule has 2 atom stereocenters. The second kappa shape index (κ2) is 14.9. The summed E-state index contributed by atoms with van der Waals surface area (Å²) in [4.78, 5) is 38.0. The van der Waals surface area contributed by atoms with E-state index < -0.39 is 23.5 Å². The largest absolute Gasteiger partial charge is 0.347 e. The van der Waals surface area contributed by atoms with Gasteiger partial charge in [-0.2, -0.15) is 0 Å². The van der Waals surface area contributed by atoms with Crippen LogP contribution in [0.3, 0.4) is 0 Å². The molecule has 0 aliphatic carbocycles. The Bertz CT molecular complexity index is 1310. The van der Waals surface area contributed by atoms with E-state index in [9.17, 15) is 14.4 Å². The van der Waals surface area contributed by atoms with Crippen LogP contribution in [0.25, 0.3) is 0 Å². The van der Waals surface area contributed by atoms with Gasteiger partial charge in [0.1, 0.15) is 6.04 Å². The molecule has 42 heavy (non-hydrogen) atoms. The molecule has 0 bridgehead atoms. The number of amides is 2. The highest BCUT2D eigenvalue weighted by Crippen LogP contribution is 2.37. The Morgan fingerprint density at radius 3 is 1.55 bits per heavy atom. The fourth-order valence-corrected chi connectivity index (χ4v) is 5.36.